The number of aliphatic hydroxyl groups excluding tert-OH is 2. The average Bonchev–Trinajstić information content (AvgIpc) is 2.31. The zero-order valence-corrected chi connectivity index (χ0v) is 11.4. The zero-order valence-electron chi connectivity index (χ0n) is 11.4. The van der Waals surface area contributed by atoms with E-state index in [1.807, 2.05) is 6.92 Å². The van der Waals surface area contributed by atoms with Gasteiger partial charge in [0.05, 0.1) is 11.5 Å². The molecule has 2 rings (SSSR count). The molecule has 2 saturated carbocycles. The van der Waals surface area contributed by atoms with Gasteiger partial charge in [-0.05, 0) is 43.9 Å². The van der Waals surface area contributed by atoms with Crippen LogP contribution in [0, 0.1) is 16.7 Å². The second-order valence-corrected chi connectivity index (χ2v) is 6.37. The monoisotopic (exact) mass is 252 g/mol. The summed E-state index contributed by atoms with van der Waals surface area (Å²) in [5.74, 6) is 0.289. The van der Waals surface area contributed by atoms with E-state index in [1.165, 1.54) is 0 Å². The molecule has 0 aliphatic heterocycles. The Morgan fingerprint density at radius 2 is 2.11 bits per heavy atom. The molecule has 0 aromatic rings. The molecule has 18 heavy (non-hydrogen) atoms. The molecule has 3 heteroatoms. The third-order valence-electron chi connectivity index (χ3n) is 5.56. The molecular formula is C15H24O3. The van der Waals surface area contributed by atoms with Crippen molar-refractivity contribution in [2.45, 2.75) is 52.1 Å². The van der Waals surface area contributed by atoms with E-state index in [4.69, 9.17) is 0 Å². The number of carbonyl (C=O) groups is 1. The van der Waals surface area contributed by atoms with Crippen molar-refractivity contribution in [3.05, 3.63) is 12.2 Å². The van der Waals surface area contributed by atoms with Gasteiger partial charge >= 0.3 is 0 Å². The van der Waals surface area contributed by atoms with Crippen LogP contribution in [0.1, 0.15) is 46.0 Å². The minimum atomic E-state index is -0.649. The Hall–Kier alpha value is -0.670. The Labute approximate surface area is 109 Å². The number of hydrogen-bond donors (Lipinski definition) is 2. The van der Waals surface area contributed by atoms with Crippen LogP contribution < -0.4 is 0 Å². The Morgan fingerprint density at radius 3 is 2.72 bits per heavy atom. The Morgan fingerprint density at radius 1 is 1.44 bits per heavy atom. The molecule has 4 atom stereocenters. The third-order valence-corrected chi connectivity index (χ3v) is 5.56. The highest BCUT2D eigenvalue weighted by atomic mass is 16.3. The molecule has 0 unspecified atom stereocenters. The molecule has 0 radical (unpaired) electrons. The summed E-state index contributed by atoms with van der Waals surface area (Å²) in [7, 11) is 0. The first-order chi connectivity index (χ1) is 8.37. The zero-order chi connectivity index (χ0) is 13.6. The maximum atomic E-state index is 12.3. The van der Waals surface area contributed by atoms with Crippen LogP contribution >= 0.6 is 0 Å². The van der Waals surface area contributed by atoms with Gasteiger partial charge < -0.3 is 10.2 Å². The molecule has 0 heterocycles. The van der Waals surface area contributed by atoms with E-state index in [9.17, 15) is 15.0 Å². The summed E-state index contributed by atoms with van der Waals surface area (Å²) in [5.41, 5.74) is 0.114. The van der Waals surface area contributed by atoms with Crippen LogP contribution in [-0.2, 0) is 4.79 Å². The van der Waals surface area contributed by atoms with Crippen LogP contribution in [0.5, 0.6) is 0 Å². The first-order valence-electron chi connectivity index (χ1n) is 6.88. The van der Waals surface area contributed by atoms with Gasteiger partial charge in [0.25, 0.3) is 0 Å². The van der Waals surface area contributed by atoms with Crippen molar-refractivity contribution in [3.63, 3.8) is 0 Å². The lowest BCUT2D eigenvalue weighted by molar-refractivity contribution is -0.156. The lowest BCUT2D eigenvalue weighted by Gasteiger charge is -2.56. The molecule has 0 saturated heterocycles. The topological polar surface area (TPSA) is 57.5 Å². The van der Waals surface area contributed by atoms with Crippen LogP contribution in [0.25, 0.3) is 0 Å². The molecule has 0 spiro atoms. The van der Waals surface area contributed by atoms with Crippen LogP contribution in [-0.4, -0.2) is 28.7 Å². The van der Waals surface area contributed by atoms with Gasteiger partial charge in [-0.25, -0.2) is 0 Å². The number of hydrogen-bond acceptors (Lipinski definition) is 3. The molecule has 0 amide bonds. The van der Waals surface area contributed by atoms with E-state index in [0.717, 1.165) is 18.4 Å². The van der Waals surface area contributed by atoms with Gasteiger partial charge in [0.2, 0.25) is 0 Å². The minimum Gasteiger partial charge on any atom is -0.396 e. The highest BCUT2D eigenvalue weighted by Crippen LogP contribution is 2.59. The number of carbonyl (C=O) groups excluding carboxylic acids is 1. The van der Waals surface area contributed by atoms with E-state index in [2.05, 4.69) is 13.5 Å². The van der Waals surface area contributed by atoms with Crippen LogP contribution in [0.3, 0.4) is 0 Å². The van der Waals surface area contributed by atoms with Gasteiger partial charge in [-0.3, -0.25) is 4.79 Å². The average molecular weight is 252 g/mol. The first kappa shape index (κ1) is 13.8. The predicted octanol–water partition coefficient (Wildman–Crippen LogP) is 2.07. The normalized spacial score (nSPS) is 44.9. The van der Waals surface area contributed by atoms with E-state index < -0.39 is 11.5 Å². The largest absolute Gasteiger partial charge is 0.396 e. The highest BCUT2D eigenvalue weighted by Gasteiger charge is 2.58. The summed E-state index contributed by atoms with van der Waals surface area (Å²) >= 11 is 0. The van der Waals surface area contributed by atoms with Crippen molar-refractivity contribution in [2.24, 2.45) is 16.7 Å². The van der Waals surface area contributed by atoms with Crippen molar-refractivity contribution in [3.8, 4) is 0 Å². The molecule has 2 aliphatic rings. The van der Waals surface area contributed by atoms with Gasteiger partial charge in [-0.2, -0.15) is 0 Å². The molecule has 0 aromatic heterocycles. The first-order valence-corrected chi connectivity index (χ1v) is 6.88. The molecular weight excluding hydrogens is 228 g/mol. The van der Waals surface area contributed by atoms with Gasteiger partial charge in [-0.15, -0.1) is 0 Å². The van der Waals surface area contributed by atoms with Crippen LogP contribution in [0.15, 0.2) is 12.2 Å². The highest BCUT2D eigenvalue weighted by molar-refractivity contribution is 5.86. The predicted molar refractivity (Wildman–Crippen MR) is 70.0 cm³/mol. The van der Waals surface area contributed by atoms with E-state index >= 15 is 0 Å². The van der Waals surface area contributed by atoms with Gasteiger partial charge in [0, 0.05) is 13.0 Å². The lowest BCUT2D eigenvalue weighted by atomic mass is 9.47. The SMILES string of the molecule is C=C1C[C@@H](O)[C@]2(C)C(=O)CCC[C@H]2[C@]1(C)CCO. The summed E-state index contributed by atoms with van der Waals surface area (Å²) in [5, 5.41) is 19.7. The number of fused-ring (bicyclic) bond motifs is 1. The molecule has 0 aromatic carbocycles. The molecule has 0 bridgehead atoms. The fraction of sp³-hybridized carbons (Fsp3) is 0.800. The Bertz CT molecular complexity index is 376. The van der Waals surface area contributed by atoms with Gasteiger partial charge in [-0.1, -0.05) is 19.1 Å². The smallest absolute Gasteiger partial charge is 0.141 e. The quantitative estimate of drug-likeness (QED) is 0.740. The molecule has 2 N–H and O–H groups in total. The number of ketones is 1. The van der Waals surface area contributed by atoms with Crippen molar-refractivity contribution < 1.29 is 15.0 Å². The third kappa shape index (κ3) is 1.68. The number of Topliss-reactive ketones (excluding diaryl/α,β-unsaturated/α-hetero) is 1. The molecule has 102 valence electrons. The lowest BCUT2D eigenvalue weighted by Crippen LogP contribution is -2.58. The minimum absolute atomic E-state index is 0.104. The van der Waals surface area contributed by atoms with Crippen LogP contribution in [0.2, 0.25) is 0 Å². The summed E-state index contributed by atoms with van der Waals surface area (Å²) in [6.07, 6.45) is 2.90. The van der Waals surface area contributed by atoms with Crippen molar-refractivity contribution in [1.82, 2.24) is 0 Å². The van der Waals surface area contributed by atoms with Crippen molar-refractivity contribution >= 4 is 5.78 Å². The Balaban J connectivity index is 2.45. The Kier molecular flexibility index (Phi) is 3.41. The van der Waals surface area contributed by atoms with Gasteiger partial charge in [0.15, 0.2) is 0 Å². The summed E-state index contributed by atoms with van der Waals surface area (Å²) in [4.78, 5) is 12.3. The van der Waals surface area contributed by atoms with E-state index in [-0.39, 0.29) is 23.7 Å². The van der Waals surface area contributed by atoms with E-state index in [1.54, 1.807) is 0 Å². The van der Waals surface area contributed by atoms with Crippen molar-refractivity contribution in [2.75, 3.05) is 6.61 Å². The van der Waals surface area contributed by atoms with Gasteiger partial charge in [0.1, 0.15) is 5.78 Å². The van der Waals surface area contributed by atoms with E-state index in [0.29, 0.717) is 19.3 Å². The summed E-state index contributed by atoms with van der Waals surface area (Å²) in [6, 6.07) is 0. The standard InChI is InChI=1S/C15H24O3/c1-10-9-13(18)15(3)11(5-4-6-12(15)17)14(10,2)7-8-16/h11,13,16,18H,1,4-9H2,2-3H3/t11-,13+,14+,15-/m0/s1. The number of rotatable bonds is 2. The maximum absolute atomic E-state index is 12.3. The summed E-state index contributed by atoms with van der Waals surface area (Å²) < 4.78 is 0. The molecule has 2 fully saturated rings. The fourth-order valence-corrected chi connectivity index (χ4v) is 4.14. The van der Waals surface area contributed by atoms with Crippen LogP contribution in [0.4, 0.5) is 0 Å². The number of aliphatic hydroxyl groups is 2. The second-order valence-electron chi connectivity index (χ2n) is 6.37. The molecule has 3 nitrogen and oxygen atoms in total. The van der Waals surface area contributed by atoms with Crippen molar-refractivity contribution in [1.29, 1.82) is 0 Å². The summed E-state index contributed by atoms with van der Waals surface area (Å²) in [6.45, 7) is 8.21. The second kappa shape index (κ2) is 4.46. The molecule has 2 aliphatic carbocycles. The fourth-order valence-electron chi connectivity index (χ4n) is 4.14. The maximum Gasteiger partial charge on any atom is 0.141 e.